The zero-order valence-corrected chi connectivity index (χ0v) is 11.1. The number of likely N-dealkylation sites (N-methyl/N-ethyl adjacent to an activating group) is 1. The van der Waals surface area contributed by atoms with Crippen LogP contribution in [-0.4, -0.2) is 34.4 Å². The Morgan fingerprint density at radius 3 is 2.78 bits per heavy atom. The van der Waals surface area contributed by atoms with Gasteiger partial charge in [-0.3, -0.25) is 0 Å². The molecule has 2 rings (SSSR count). The van der Waals surface area contributed by atoms with Gasteiger partial charge in [0.25, 0.3) is 0 Å². The summed E-state index contributed by atoms with van der Waals surface area (Å²) >= 11 is 0. The molecule has 4 heteroatoms. The van der Waals surface area contributed by atoms with Crippen LogP contribution in [0.1, 0.15) is 44.3 Å². The predicted octanol–water partition coefficient (Wildman–Crippen LogP) is 1.87. The molecule has 0 saturated heterocycles. The van der Waals surface area contributed by atoms with E-state index in [0.29, 0.717) is 0 Å². The van der Waals surface area contributed by atoms with Crippen molar-refractivity contribution in [1.82, 2.24) is 4.98 Å². The number of pyridine rings is 1. The highest BCUT2D eigenvalue weighted by atomic mass is 16.3. The molecule has 0 amide bonds. The molecule has 3 atom stereocenters. The van der Waals surface area contributed by atoms with E-state index in [-0.39, 0.29) is 12.1 Å². The topological polar surface area (TPSA) is 56.6 Å². The lowest BCUT2D eigenvalue weighted by atomic mass is 9.91. The first kappa shape index (κ1) is 13.3. The molecular formula is C14H22N2O2. The first-order valence-corrected chi connectivity index (χ1v) is 6.64. The van der Waals surface area contributed by atoms with Gasteiger partial charge in [-0.2, -0.15) is 0 Å². The number of nitrogens with zero attached hydrogens (tertiary/aromatic N) is 2. The Hall–Kier alpha value is -1.13. The van der Waals surface area contributed by atoms with E-state index < -0.39 is 6.10 Å². The summed E-state index contributed by atoms with van der Waals surface area (Å²) in [5.74, 6) is 0.819. The number of aromatic nitrogens is 1. The molecule has 1 fully saturated rings. The number of hydrogen-bond acceptors (Lipinski definition) is 4. The molecule has 3 unspecified atom stereocenters. The van der Waals surface area contributed by atoms with Gasteiger partial charge in [-0.25, -0.2) is 4.98 Å². The van der Waals surface area contributed by atoms with Gasteiger partial charge >= 0.3 is 0 Å². The van der Waals surface area contributed by atoms with Crippen molar-refractivity contribution in [3.8, 4) is 0 Å². The van der Waals surface area contributed by atoms with Crippen molar-refractivity contribution >= 4 is 5.82 Å². The Morgan fingerprint density at radius 2 is 2.11 bits per heavy atom. The summed E-state index contributed by atoms with van der Waals surface area (Å²) in [5.41, 5.74) is 0.858. The lowest BCUT2D eigenvalue weighted by Crippen LogP contribution is -2.43. The second-order valence-corrected chi connectivity index (χ2v) is 5.15. The van der Waals surface area contributed by atoms with Crippen LogP contribution < -0.4 is 4.90 Å². The molecule has 4 nitrogen and oxygen atoms in total. The summed E-state index contributed by atoms with van der Waals surface area (Å²) in [4.78, 5) is 6.37. The normalized spacial score (nSPS) is 25.8. The van der Waals surface area contributed by atoms with Gasteiger partial charge in [0.2, 0.25) is 0 Å². The van der Waals surface area contributed by atoms with E-state index in [0.717, 1.165) is 37.1 Å². The van der Waals surface area contributed by atoms with Crippen LogP contribution in [0.5, 0.6) is 0 Å². The molecule has 0 aliphatic heterocycles. The fourth-order valence-corrected chi connectivity index (χ4v) is 2.60. The highest BCUT2D eigenvalue weighted by Gasteiger charge is 2.27. The Kier molecular flexibility index (Phi) is 4.19. The van der Waals surface area contributed by atoms with Crippen molar-refractivity contribution in [2.45, 2.75) is 50.9 Å². The summed E-state index contributed by atoms with van der Waals surface area (Å²) in [6, 6.07) is 3.85. The zero-order valence-electron chi connectivity index (χ0n) is 11.1. The third-order valence-electron chi connectivity index (χ3n) is 3.80. The summed E-state index contributed by atoms with van der Waals surface area (Å²) in [6.07, 6.45) is 5.07. The van der Waals surface area contributed by atoms with E-state index >= 15 is 0 Å². The molecule has 1 aliphatic rings. The minimum Gasteiger partial charge on any atom is -0.391 e. The van der Waals surface area contributed by atoms with Crippen LogP contribution in [0.15, 0.2) is 18.3 Å². The average Bonchev–Trinajstić information content (AvgIpc) is 2.38. The first-order valence-electron chi connectivity index (χ1n) is 6.64. The van der Waals surface area contributed by atoms with Crippen LogP contribution in [0.4, 0.5) is 5.82 Å². The Labute approximate surface area is 108 Å². The minimum atomic E-state index is -0.489. The SMILES string of the molecule is CC(O)c1ccnc(N(C)C2CCCCC2O)c1. The standard InChI is InChI=1S/C14H22N2O2/c1-10(17)11-7-8-15-14(9-11)16(2)12-5-3-4-6-13(12)18/h7-10,12-13,17-18H,3-6H2,1-2H3. The molecule has 100 valence electrons. The lowest BCUT2D eigenvalue weighted by Gasteiger charge is -2.36. The van der Waals surface area contributed by atoms with E-state index in [2.05, 4.69) is 4.98 Å². The molecular weight excluding hydrogens is 228 g/mol. The first-order chi connectivity index (χ1) is 8.59. The smallest absolute Gasteiger partial charge is 0.128 e. The van der Waals surface area contributed by atoms with Gasteiger partial charge in [-0.1, -0.05) is 12.8 Å². The third-order valence-corrected chi connectivity index (χ3v) is 3.80. The monoisotopic (exact) mass is 250 g/mol. The number of anilines is 1. The van der Waals surface area contributed by atoms with Crippen molar-refractivity contribution in [1.29, 1.82) is 0 Å². The molecule has 0 spiro atoms. The molecule has 1 aliphatic carbocycles. The highest BCUT2D eigenvalue weighted by molar-refractivity contribution is 5.42. The molecule has 18 heavy (non-hydrogen) atoms. The van der Waals surface area contributed by atoms with E-state index in [1.54, 1.807) is 13.1 Å². The summed E-state index contributed by atoms with van der Waals surface area (Å²) in [7, 11) is 1.97. The molecule has 1 saturated carbocycles. The van der Waals surface area contributed by atoms with E-state index in [9.17, 15) is 10.2 Å². The molecule has 1 heterocycles. The molecule has 0 bridgehead atoms. The fraction of sp³-hybridized carbons (Fsp3) is 0.643. The maximum atomic E-state index is 10.1. The van der Waals surface area contributed by atoms with Crippen molar-refractivity contribution in [3.63, 3.8) is 0 Å². The van der Waals surface area contributed by atoms with E-state index in [4.69, 9.17) is 0 Å². The zero-order chi connectivity index (χ0) is 13.1. The van der Waals surface area contributed by atoms with Gasteiger partial charge < -0.3 is 15.1 Å². The quantitative estimate of drug-likeness (QED) is 0.860. The fourth-order valence-electron chi connectivity index (χ4n) is 2.60. The van der Waals surface area contributed by atoms with Crippen LogP contribution in [0.3, 0.4) is 0 Å². The van der Waals surface area contributed by atoms with Crippen LogP contribution >= 0.6 is 0 Å². The van der Waals surface area contributed by atoms with E-state index in [1.807, 2.05) is 24.1 Å². The number of hydrogen-bond donors (Lipinski definition) is 2. The Bertz CT molecular complexity index is 395. The van der Waals surface area contributed by atoms with Crippen LogP contribution in [0.2, 0.25) is 0 Å². The number of aliphatic hydroxyl groups is 2. The van der Waals surface area contributed by atoms with Crippen LogP contribution in [-0.2, 0) is 0 Å². The largest absolute Gasteiger partial charge is 0.391 e. The average molecular weight is 250 g/mol. The summed E-state index contributed by atoms with van der Waals surface area (Å²) in [6.45, 7) is 1.74. The maximum absolute atomic E-state index is 10.1. The molecule has 1 aromatic rings. The van der Waals surface area contributed by atoms with Crippen LogP contribution in [0, 0.1) is 0 Å². The second-order valence-electron chi connectivity index (χ2n) is 5.15. The van der Waals surface area contributed by atoms with Gasteiger partial charge in [-0.05, 0) is 37.5 Å². The highest BCUT2D eigenvalue weighted by Crippen LogP contribution is 2.26. The molecule has 0 aromatic carbocycles. The summed E-state index contributed by atoms with van der Waals surface area (Å²) in [5, 5.41) is 19.7. The summed E-state index contributed by atoms with van der Waals surface area (Å²) < 4.78 is 0. The number of aliphatic hydroxyl groups excluding tert-OH is 2. The predicted molar refractivity (Wildman–Crippen MR) is 71.5 cm³/mol. The second kappa shape index (κ2) is 5.67. The number of rotatable bonds is 3. The molecule has 2 N–H and O–H groups in total. The lowest BCUT2D eigenvalue weighted by molar-refractivity contribution is 0.106. The van der Waals surface area contributed by atoms with Gasteiger partial charge in [0.1, 0.15) is 5.82 Å². The minimum absolute atomic E-state index is 0.135. The van der Waals surface area contributed by atoms with Gasteiger partial charge in [-0.15, -0.1) is 0 Å². The van der Waals surface area contributed by atoms with Gasteiger partial charge in [0, 0.05) is 13.2 Å². The van der Waals surface area contributed by atoms with Crippen molar-refractivity contribution in [2.24, 2.45) is 0 Å². The Morgan fingerprint density at radius 1 is 1.39 bits per heavy atom. The van der Waals surface area contributed by atoms with Gasteiger partial charge in [0.15, 0.2) is 0 Å². The van der Waals surface area contributed by atoms with E-state index in [1.165, 1.54) is 0 Å². The molecule has 1 aromatic heterocycles. The van der Waals surface area contributed by atoms with Crippen molar-refractivity contribution < 1.29 is 10.2 Å². The maximum Gasteiger partial charge on any atom is 0.128 e. The van der Waals surface area contributed by atoms with Crippen molar-refractivity contribution in [3.05, 3.63) is 23.9 Å². The Balaban J connectivity index is 2.16. The van der Waals surface area contributed by atoms with Gasteiger partial charge in [0.05, 0.1) is 18.2 Å². The van der Waals surface area contributed by atoms with Crippen molar-refractivity contribution in [2.75, 3.05) is 11.9 Å². The third kappa shape index (κ3) is 2.82. The van der Waals surface area contributed by atoms with Crippen LogP contribution in [0.25, 0.3) is 0 Å². The molecule has 0 radical (unpaired) electrons.